The van der Waals surface area contributed by atoms with Gasteiger partial charge in [-0.05, 0) is 19.3 Å². The Morgan fingerprint density at radius 3 is 3.10 bits per heavy atom. The summed E-state index contributed by atoms with van der Waals surface area (Å²) in [6, 6.07) is 0.0309. The fourth-order valence-corrected chi connectivity index (χ4v) is 3.36. The predicted octanol–water partition coefficient (Wildman–Crippen LogP) is 1.32. The van der Waals surface area contributed by atoms with Crippen LogP contribution in [0.5, 0.6) is 0 Å². The van der Waals surface area contributed by atoms with Gasteiger partial charge in [0.2, 0.25) is 0 Å². The van der Waals surface area contributed by atoms with E-state index in [9.17, 15) is 9.59 Å². The Kier molecular flexibility index (Phi) is 3.21. The van der Waals surface area contributed by atoms with Crippen molar-refractivity contribution in [3.63, 3.8) is 0 Å². The van der Waals surface area contributed by atoms with Crippen LogP contribution in [0.15, 0.2) is 16.4 Å². The maximum atomic E-state index is 12.4. The molecule has 20 heavy (non-hydrogen) atoms. The maximum absolute atomic E-state index is 12.4. The van der Waals surface area contributed by atoms with E-state index >= 15 is 0 Å². The molecular weight excluding hydrogens is 276 g/mol. The Balaban J connectivity index is 1.90. The van der Waals surface area contributed by atoms with Crippen LogP contribution in [-0.2, 0) is 13.5 Å². The van der Waals surface area contributed by atoms with Crippen molar-refractivity contribution in [2.75, 3.05) is 7.05 Å². The molecule has 2 aromatic rings. The summed E-state index contributed by atoms with van der Waals surface area (Å²) in [4.78, 5) is 27.7. The molecule has 3 rings (SSSR count). The Hall–Kier alpha value is -1.89. The molecule has 0 radical (unpaired) electrons. The highest BCUT2D eigenvalue weighted by Gasteiger charge is 2.30. The van der Waals surface area contributed by atoms with Crippen molar-refractivity contribution in [2.45, 2.75) is 25.3 Å². The molecule has 0 saturated heterocycles. The van der Waals surface area contributed by atoms with Gasteiger partial charge >= 0.3 is 4.87 Å². The van der Waals surface area contributed by atoms with Gasteiger partial charge < -0.3 is 9.88 Å². The van der Waals surface area contributed by atoms with Crippen molar-refractivity contribution in [1.29, 1.82) is 0 Å². The van der Waals surface area contributed by atoms with E-state index in [1.165, 1.54) is 5.69 Å². The number of carbonyl (C=O) groups excluding carboxylic acids is 1. The first-order chi connectivity index (χ1) is 9.58. The monoisotopic (exact) mass is 292 g/mol. The molecule has 2 aromatic heterocycles. The van der Waals surface area contributed by atoms with Crippen molar-refractivity contribution in [3.8, 4) is 0 Å². The Bertz CT molecular complexity index is 699. The highest BCUT2D eigenvalue weighted by molar-refractivity contribution is 7.07. The standard InChI is InChI=1S/C13H16N4O2S/c1-16(12(18)9-7-20-13(19)15-9)10-4-3-5-11-8(10)6-14-17(11)2/h6-7,10H,3-5H2,1-2H3,(H,15,19). The van der Waals surface area contributed by atoms with Gasteiger partial charge in [0.05, 0.1) is 12.2 Å². The molecule has 7 heteroatoms. The zero-order chi connectivity index (χ0) is 14.3. The van der Waals surface area contributed by atoms with Gasteiger partial charge in [-0.15, -0.1) is 0 Å². The number of thiazole rings is 1. The maximum Gasteiger partial charge on any atom is 0.305 e. The van der Waals surface area contributed by atoms with Crippen molar-refractivity contribution in [1.82, 2.24) is 19.7 Å². The number of aromatic nitrogens is 3. The summed E-state index contributed by atoms with van der Waals surface area (Å²) in [5.41, 5.74) is 2.67. The Morgan fingerprint density at radius 2 is 2.40 bits per heavy atom. The summed E-state index contributed by atoms with van der Waals surface area (Å²) in [6.07, 6.45) is 4.81. The van der Waals surface area contributed by atoms with Gasteiger partial charge in [-0.25, -0.2) is 0 Å². The second kappa shape index (κ2) is 4.90. The second-order valence-corrected chi connectivity index (χ2v) is 5.90. The van der Waals surface area contributed by atoms with Crippen molar-refractivity contribution in [2.24, 2.45) is 7.05 Å². The molecule has 0 aliphatic heterocycles. The third-order valence-electron chi connectivity index (χ3n) is 3.88. The number of nitrogens with zero attached hydrogens (tertiary/aromatic N) is 3. The Morgan fingerprint density at radius 1 is 1.60 bits per heavy atom. The van der Waals surface area contributed by atoms with Crippen LogP contribution in [0.25, 0.3) is 0 Å². The number of H-pyrrole nitrogens is 1. The van der Waals surface area contributed by atoms with Crippen molar-refractivity contribution < 1.29 is 4.79 Å². The highest BCUT2D eigenvalue weighted by atomic mass is 32.1. The molecule has 1 aliphatic carbocycles. The van der Waals surface area contributed by atoms with E-state index in [-0.39, 0.29) is 16.8 Å². The quantitative estimate of drug-likeness (QED) is 0.907. The zero-order valence-electron chi connectivity index (χ0n) is 11.4. The van der Waals surface area contributed by atoms with E-state index in [2.05, 4.69) is 10.1 Å². The molecule has 0 spiro atoms. The smallest absolute Gasteiger partial charge is 0.305 e. The van der Waals surface area contributed by atoms with Gasteiger partial charge in [0.1, 0.15) is 5.69 Å². The molecule has 1 amide bonds. The van der Waals surface area contributed by atoms with Crippen LogP contribution < -0.4 is 4.87 Å². The number of hydrogen-bond acceptors (Lipinski definition) is 4. The van der Waals surface area contributed by atoms with Crippen LogP contribution in [-0.4, -0.2) is 32.6 Å². The lowest BCUT2D eigenvalue weighted by atomic mass is 9.92. The number of aryl methyl sites for hydroxylation is 1. The fourth-order valence-electron chi connectivity index (χ4n) is 2.80. The van der Waals surface area contributed by atoms with Crippen molar-refractivity contribution >= 4 is 17.2 Å². The zero-order valence-corrected chi connectivity index (χ0v) is 12.2. The lowest BCUT2D eigenvalue weighted by Gasteiger charge is -2.31. The van der Waals surface area contributed by atoms with Crippen molar-refractivity contribution in [3.05, 3.63) is 38.2 Å². The minimum Gasteiger partial charge on any atom is -0.333 e. The number of fused-ring (bicyclic) bond motifs is 1. The summed E-state index contributed by atoms with van der Waals surface area (Å²) >= 11 is 1.01. The molecule has 0 aromatic carbocycles. The molecule has 2 heterocycles. The molecule has 0 saturated carbocycles. The van der Waals surface area contributed by atoms with Crippen LogP contribution in [0.2, 0.25) is 0 Å². The average molecular weight is 292 g/mol. The van der Waals surface area contributed by atoms with Gasteiger partial charge in [0.15, 0.2) is 0 Å². The number of hydrogen-bond donors (Lipinski definition) is 1. The summed E-state index contributed by atoms with van der Waals surface area (Å²) in [5, 5.41) is 5.87. The summed E-state index contributed by atoms with van der Waals surface area (Å²) < 4.78 is 1.88. The second-order valence-electron chi connectivity index (χ2n) is 5.06. The molecule has 1 unspecified atom stereocenters. The van der Waals surface area contributed by atoms with Crippen LogP contribution in [0.3, 0.4) is 0 Å². The number of amides is 1. The molecule has 1 aliphatic rings. The average Bonchev–Trinajstić information content (AvgIpc) is 3.04. The number of aromatic amines is 1. The molecule has 106 valence electrons. The van der Waals surface area contributed by atoms with E-state index < -0.39 is 0 Å². The van der Waals surface area contributed by atoms with Gasteiger partial charge in [-0.2, -0.15) is 5.10 Å². The largest absolute Gasteiger partial charge is 0.333 e. The number of rotatable bonds is 2. The minimum atomic E-state index is -0.201. The van der Waals surface area contributed by atoms with Crippen LogP contribution in [0.1, 0.15) is 40.6 Å². The van der Waals surface area contributed by atoms with E-state index in [4.69, 9.17) is 0 Å². The van der Waals surface area contributed by atoms with Crippen LogP contribution in [0.4, 0.5) is 0 Å². The molecule has 1 atom stereocenters. The van der Waals surface area contributed by atoms with E-state index in [0.717, 1.165) is 36.2 Å². The predicted molar refractivity (Wildman–Crippen MR) is 75.9 cm³/mol. The lowest BCUT2D eigenvalue weighted by Crippen LogP contribution is -2.33. The van der Waals surface area contributed by atoms with Crippen LogP contribution >= 0.6 is 11.3 Å². The SMILES string of the molecule is CN(C(=O)c1csc(=O)[nH]1)C1CCCc2c1cnn2C. The third kappa shape index (κ3) is 2.07. The highest BCUT2D eigenvalue weighted by Crippen LogP contribution is 2.33. The first kappa shape index (κ1) is 13.1. The van der Waals surface area contributed by atoms with Crippen LogP contribution in [0, 0.1) is 0 Å². The molecule has 0 fully saturated rings. The molecule has 0 bridgehead atoms. The van der Waals surface area contributed by atoms with Gasteiger partial charge in [0.25, 0.3) is 5.91 Å². The summed E-state index contributed by atoms with van der Waals surface area (Å²) in [5.74, 6) is -0.148. The first-order valence-corrected chi connectivity index (χ1v) is 7.41. The molecule has 1 N–H and O–H groups in total. The fraction of sp³-hybridized carbons (Fsp3) is 0.462. The number of carbonyl (C=O) groups is 1. The van der Waals surface area contributed by atoms with E-state index in [1.54, 1.807) is 17.3 Å². The Labute approximate surface area is 120 Å². The normalized spacial score (nSPS) is 17.8. The number of nitrogens with one attached hydrogen (secondary N) is 1. The van der Waals surface area contributed by atoms with E-state index in [1.807, 2.05) is 17.9 Å². The van der Waals surface area contributed by atoms with E-state index in [0.29, 0.717) is 5.69 Å². The summed E-state index contributed by atoms with van der Waals surface area (Å²) in [6.45, 7) is 0. The van der Waals surface area contributed by atoms with Gasteiger partial charge in [-0.3, -0.25) is 14.3 Å². The minimum absolute atomic E-state index is 0.0309. The summed E-state index contributed by atoms with van der Waals surface area (Å²) in [7, 11) is 3.71. The molecule has 6 nitrogen and oxygen atoms in total. The molecular formula is C13H16N4O2S. The third-order valence-corrected chi connectivity index (χ3v) is 4.55. The first-order valence-electron chi connectivity index (χ1n) is 6.53. The topological polar surface area (TPSA) is 71.0 Å². The van der Waals surface area contributed by atoms with Gasteiger partial charge in [-0.1, -0.05) is 11.3 Å². The van der Waals surface area contributed by atoms with Gasteiger partial charge in [0, 0.05) is 30.7 Å². The lowest BCUT2D eigenvalue weighted by molar-refractivity contribution is 0.0709.